The number of pyridine rings is 1. The zero-order valence-corrected chi connectivity index (χ0v) is 13.7. The molecule has 0 aliphatic carbocycles. The second-order valence-corrected chi connectivity index (χ2v) is 6.07. The van der Waals surface area contributed by atoms with Gasteiger partial charge in [0.15, 0.2) is 0 Å². The number of nitrogens with one attached hydrogen (secondary N) is 1. The van der Waals surface area contributed by atoms with Crippen LogP contribution in [-0.2, 0) is 11.2 Å². The van der Waals surface area contributed by atoms with Gasteiger partial charge in [-0.15, -0.1) is 0 Å². The molecular formula is C17H14ClN3OS. The number of halogens is 1. The molecule has 23 heavy (non-hydrogen) atoms. The van der Waals surface area contributed by atoms with Gasteiger partial charge in [-0.25, -0.2) is 0 Å². The van der Waals surface area contributed by atoms with Gasteiger partial charge in [-0.2, -0.15) is 0 Å². The molecule has 0 bridgehead atoms. The minimum atomic E-state index is -0.130. The number of amides is 1. The average molecular weight is 344 g/mol. The van der Waals surface area contributed by atoms with Gasteiger partial charge in [0.05, 0.1) is 16.8 Å². The van der Waals surface area contributed by atoms with E-state index in [0.29, 0.717) is 10.7 Å². The Hall–Kier alpha value is -2.08. The van der Waals surface area contributed by atoms with E-state index in [9.17, 15) is 4.79 Å². The first-order valence-electron chi connectivity index (χ1n) is 6.96. The van der Waals surface area contributed by atoms with Crippen molar-refractivity contribution < 1.29 is 4.79 Å². The van der Waals surface area contributed by atoms with E-state index in [2.05, 4.69) is 10.3 Å². The fourth-order valence-corrected chi connectivity index (χ4v) is 3.02. The van der Waals surface area contributed by atoms with E-state index in [1.165, 1.54) is 0 Å². The Morgan fingerprint density at radius 2 is 2.04 bits per heavy atom. The molecule has 1 aromatic heterocycles. The van der Waals surface area contributed by atoms with Crippen LogP contribution in [0.1, 0.15) is 5.56 Å². The smallest absolute Gasteiger partial charge is 0.228 e. The van der Waals surface area contributed by atoms with Gasteiger partial charge in [0.25, 0.3) is 0 Å². The van der Waals surface area contributed by atoms with Gasteiger partial charge in [-0.1, -0.05) is 35.9 Å². The van der Waals surface area contributed by atoms with Crippen LogP contribution in [0.5, 0.6) is 0 Å². The van der Waals surface area contributed by atoms with Crippen LogP contribution in [0.25, 0.3) is 10.9 Å². The van der Waals surface area contributed by atoms with Crippen molar-refractivity contribution in [1.29, 1.82) is 0 Å². The SMILES string of the molecule is NSc1cc(NC(=O)Cc2ccccc2Cl)cc2cccnc12. The molecule has 1 amide bonds. The lowest BCUT2D eigenvalue weighted by atomic mass is 10.1. The lowest BCUT2D eigenvalue weighted by Gasteiger charge is -2.10. The number of benzene rings is 2. The second-order valence-electron chi connectivity index (χ2n) is 4.98. The number of hydrogen-bond donors (Lipinski definition) is 2. The Bertz CT molecular complexity index is 869. The second kappa shape index (κ2) is 7.00. The molecule has 116 valence electrons. The lowest BCUT2D eigenvalue weighted by Crippen LogP contribution is -2.14. The third-order valence-corrected chi connectivity index (χ3v) is 4.32. The van der Waals surface area contributed by atoms with E-state index in [4.69, 9.17) is 16.7 Å². The van der Waals surface area contributed by atoms with Gasteiger partial charge >= 0.3 is 0 Å². The zero-order chi connectivity index (χ0) is 16.2. The summed E-state index contributed by atoms with van der Waals surface area (Å²) in [6.07, 6.45) is 1.94. The summed E-state index contributed by atoms with van der Waals surface area (Å²) in [5.74, 6) is -0.130. The Morgan fingerprint density at radius 3 is 2.83 bits per heavy atom. The number of aromatic nitrogens is 1. The molecule has 3 aromatic rings. The highest BCUT2D eigenvalue weighted by molar-refractivity contribution is 7.97. The van der Waals surface area contributed by atoms with Crippen molar-refractivity contribution >= 4 is 46.0 Å². The Kier molecular flexibility index (Phi) is 4.81. The number of anilines is 1. The molecule has 0 saturated carbocycles. The monoisotopic (exact) mass is 343 g/mol. The molecule has 3 rings (SSSR count). The fraction of sp³-hybridized carbons (Fsp3) is 0.0588. The highest BCUT2D eigenvalue weighted by Crippen LogP contribution is 2.27. The van der Waals surface area contributed by atoms with Crippen LogP contribution in [0.4, 0.5) is 5.69 Å². The number of nitrogens with two attached hydrogens (primary N) is 1. The summed E-state index contributed by atoms with van der Waals surface area (Å²) in [6, 6.07) is 14.8. The molecule has 0 saturated heterocycles. The molecule has 2 aromatic carbocycles. The number of hydrogen-bond acceptors (Lipinski definition) is 4. The average Bonchev–Trinajstić information content (AvgIpc) is 2.56. The van der Waals surface area contributed by atoms with E-state index in [1.54, 1.807) is 12.3 Å². The van der Waals surface area contributed by atoms with Crippen LogP contribution in [0.15, 0.2) is 59.6 Å². The first kappa shape index (κ1) is 15.8. The van der Waals surface area contributed by atoms with Gasteiger partial charge < -0.3 is 5.32 Å². The molecule has 0 spiro atoms. The van der Waals surface area contributed by atoms with Crippen LogP contribution < -0.4 is 10.5 Å². The molecule has 0 fully saturated rings. The Balaban J connectivity index is 1.84. The molecule has 4 nitrogen and oxygen atoms in total. The maximum atomic E-state index is 12.2. The van der Waals surface area contributed by atoms with Crippen molar-refractivity contribution in [2.75, 3.05) is 5.32 Å². The van der Waals surface area contributed by atoms with Crippen LogP contribution in [0.2, 0.25) is 5.02 Å². The van der Waals surface area contributed by atoms with Gasteiger partial charge in [0.2, 0.25) is 5.91 Å². The van der Waals surface area contributed by atoms with E-state index >= 15 is 0 Å². The van der Waals surface area contributed by atoms with Gasteiger partial charge in [-0.3, -0.25) is 14.9 Å². The summed E-state index contributed by atoms with van der Waals surface area (Å²) < 4.78 is 0. The van der Waals surface area contributed by atoms with E-state index < -0.39 is 0 Å². The molecular weight excluding hydrogens is 330 g/mol. The number of fused-ring (bicyclic) bond motifs is 1. The summed E-state index contributed by atoms with van der Waals surface area (Å²) in [6.45, 7) is 0. The number of nitrogens with zero attached hydrogens (tertiary/aromatic N) is 1. The normalized spacial score (nSPS) is 10.7. The maximum Gasteiger partial charge on any atom is 0.228 e. The van der Waals surface area contributed by atoms with E-state index in [-0.39, 0.29) is 12.3 Å². The minimum Gasteiger partial charge on any atom is -0.326 e. The standard InChI is InChI=1S/C17H14ClN3OS/c18-14-6-2-1-4-11(14)9-16(22)21-13-8-12-5-3-7-20-17(12)15(10-13)23-19/h1-8,10H,9,19H2,(H,21,22). The largest absolute Gasteiger partial charge is 0.326 e. The van der Waals surface area contributed by atoms with E-state index in [1.807, 2.05) is 42.5 Å². The lowest BCUT2D eigenvalue weighted by molar-refractivity contribution is -0.115. The summed E-state index contributed by atoms with van der Waals surface area (Å²) in [4.78, 5) is 17.4. The molecule has 1 heterocycles. The minimum absolute atomic E-state index is 0.130. The van der Waals surface area contributed by atoms with Crippen LogP contribution in [-0.4, -0.2) is 10.9 Å². The first-order valence-corrected chi connectivity index (χ1v) is 8.22. The summed E-state index contributed by atoms with van der Waals surface area (Å²) in [5.41, 5.74) is 2.31. The Labute approximate surface area is 143 Å². The summed E-state index contributed by atoms with van der Waals surface area (Å²) >= 11 is 7.20. The predicted octanol–water partition coefficient (Wildman–Crippen LogP) is 4.04. The Morgan fingerprint density at radius 1 is 1.22 bits per heavy atom. The highest BCUT2D eigenvalue weighted by Gasteiger charge is 2.10. The third-order valence-electron chi connectivity index (χ3n) is 3.39. The van der Waals surface area contributed by atoms with Crippen molar-refractivity contribution in [2.45, 2.75) is 11.3 Å². The van der Waals surface area contributed by atoms with Crippen molar-refractivity contribution in [1.82, 2.24) is 4.98 Å². The fourth-order valence-electron chi connectivity index (χ4n) is 2.34. The summed E-state index contributed by atoms with van der Waals surface area (Å²) in [7, 11) is 0. The predicted molar refractivity (Wildman–Crippen MR) is 95.6 cm³/mol. The molecule has 0 radical (unpaired) electrons. The molecule has 0 aliphatic rings. The third kappa shape index (κ3) is 3.64. The molecule has 0 unspecified atom stereocenters. The molecule has 0 atom stereocenters. The van der Waals surface area contributed by atoms with Crippen molar-refractivity contribution in [3.63, 3.8) is 0 Å². The quantitative estimate of drug-likeness (QED) is 0.702. The van der Waals surface area contributed by atoms with Gasteiger partial charge in [0.1, 0.15) is 0 Å². The maximum absolute atomic E-state index is 12.2. The van der Waals surface area contributed by atoms with Crippen LogP contribution >= 0.6 is 23.5 Å². The van der Waals surface area contributed by atoms with Gasteiger partial charge in [0, 0.05) is 22.3 Å². The van der Waals surface area contributed by atoms with Crippen LogP contribution in [0, 0.1) is 0 Å². The number of rotatable bonds is 4. The summed E-state index contributed by atoms with van der Waals surface area (Å²) in [5, 5.41) is 10.1. The van der Waals surface area contributed by atoms with Crippen molar-refractivity contribution in [3.05, 3.63) is 65.3 Å². The molecule has 0 aliphatic heterocycles. The number of carbonyl (C=O) groups excluding carboxylic acids is 1. The highest BCUT2D eigenvalue weighted by atomic mass is 35.5. The number of carbonyl (C=O) groups is 1. The van der Waals surface area contributed by atoms with Crippen LogP contribution in [0.3, 0.4) is 0 Å². The molecule has 6 heteroatoms. The molecule has 3 N–H and O–H groups in total. The topological polar surface area (TPSA) is 68.0 Å². The van der Waals surface area contributed by atoms with E-state index in [0.717, 1.165) is 33.3 Å². The van der Waals surface area contributed by atoms with Gasteiger partial charge in [-0.05, 0) is 41.8 Å². The zero-order valence-electron chi connectivity index (χ0n) is 12.1. The van der Waals surface area contributed by atoms with Crippen molar-refractivity contribution in [2.24, 2.45) is 5.14 Å². The first-order chi connectivity index (χ1) is 11.2. The van der Waals surface area contributed by atoms with Crippen molar-refractivity contribution in [3.8, 4) is 0 Å².